The second-order valence-corrected chi connectivity index (χ2v) is 5.49. The zero-order valence-corrected chi connectivity index (χ0v) is 11.7. The zero-order valence-electron chi connectivity index (χ0n) is 11.0. The largest absolute Gasteiger partial charge is 0.490 e. The van der Waals surface area contributed by atoms with Crippen LogP contribution in [0.4, 0.5) is 0 Å². The summed E-state index contributed by atoms with van der Waals surface area (Å²) in [5.41, 5.74) is 2.49. The molecule has 2 nitrogen and oxygen atoms in total. The topological polar surface area (TPSA) is 12.5 Å². The highest BCUT2D eigenvalue weighted by molar-refractivity contribution is 6.32. The van der Waals surface area contributed by atoms with Crippen LogP contribution in [-0.4, -0.2) is 25.1 Å². The minimum Gasteiger partial charge on any atom is -0.490 e. The van der Waals surface area contributed by atoms with Gasteiger partial charge in [0, 0.05) is 18.2 Å². The molecular formula is C14H20ClNO. The van der Waals surface area contributed by atoms with E-state index in [0.717, 1.165) is 17.3 Å². The molecule has 0 spiro atoms. The minimum atomic E-state index is 0.351. The molecule has 3 heteroatoms. The van der Waals surface area contributed by atoms with Gasteiger partial charge in [0.2, 0.25) is 0 Å². The molecule has 0 N–H and O–H groups in total. The Labute approximate surface area is 109 Å². The lowest BCUT2D eigenvalue weighted by Crippen LogP contribution is -2.24. The Morgan fingerprint density at radius 1 is 1.41 bits per heavy atom. The molecule has 1 aliphatic rings. The molecule has 1 atom stereocenters. The van der Waals surface area contributed by atoms with Crippen molar-refractivity contribution in [3.8, 4) is 5.75 Å². The molecule has 0 bridgehead atoms. The van der Waals surface area contributed by atoms with Gasteiger partial charge in [-0.2, -0.15) is 0 Å². The second-order valence-electron chi connectivity index (χ2n) is 5.08. The van der Waals surface area contributed by atoms with E-state index < -0.39 is 0 Å². The van der Waals surface area contributed by atoms with Crippen molar-refractivity contribution in [2.75, 3.05) is 20.2 Å². The summed E-state index contributed by atoms with van der Waals surface area (Å²) < 4.78 is 5.78. The number of benzene rings is 1. The summed E-state index contributed by atoms with van der Waals surface area (Å²) >= 11 is 6.33. The standard InChI is InChI=1S/C14H20ClNO/c1-9(2)11-7-12-10(3)16(4)5-6-17-14(12)13(15)8-11/h7-10H,5-6H2,1-4H3/t10-/m1/s1. The van der Waals surface area contributed by atoms with Crippen LogP contribution in [0, 0.1) is 0 Å². The molecule has 0 aliphatic carbocycles. The summed E-state index contributed by atoms with van der Waals surface area (Å²) in [5.74, 6) is 1.35. The number of hydrogen-bond acceptors (Lipinski definition) is 2. The quantitative estimate of drug-likeness (QED) is 0.754. The molecule has 0 unspecified atom stereocenters. The molecule has 0 saturated carbocycles. The summed E-state index contributed by atoms with van der Waals surface area (Å²) in [6, 6.07) is 4.62. The second kappa shape index (κ2) is 4.87. The van der Waals surface area contributed by atoms with Crippen LogP contribution in [0.1, 0.15) is 43.9 Å². The first-order chi connectivity index (χ1) is 8.00. The monoisotopic (exact) mass is 253 g/mol. The predicted octanol–water partition coefficient (Wildman–Crippen LogP) is 3.85. The summed E-state index contributed by atoms with van der Waals surface area (Å²) in [7, 11) is 2.12. The van der Waals surface area contributed by atoms with Crippen molar-refractivity contribution in [3.63, 3.8) is 0 Å². The Hall–Kier alpha value is -0.730. The Kier molecular flexibility index (Phi) is 3.64. The van der Waals surface area contributed by atoms with Crippen LogP contribution in [0.2, 0.25) is 5.02 Å². The van der Waals surface area contributed by atoms with Gasteiger partial charge in [-0.15, -0.1) is 0 Å². The Bertz CT molecular complexity index is 417. The molecule has 1 aromatic carbocycles. The lowest BCUT2D eigenvalue weighted by molar-refractivity contribution is 0.229. The van der Waals surface area contributed by atoms with Crippen molar-refractivity contribution in [1.82, 2.24) is 4.90 Å². The van der Waals surface area contributed by atoms with Gasteiger partial charge in [0.25, 0.3) is 0 Å². The van der Waals surface area contributed by atoms with Crippen molar-refractivity contribution >= 4 is 11.6 Å². The van der Waals surface area contributed by atoms with Gasteiger partial charge in [0.1, 0.15) is 12.4 Å². The lowest BCUT2D eigenvalue weighted by Gasteiger charge is -2.23. The third kappa shape index (κ3) is 2.43. The van der Waals surface area contributed by atoms with E-state index in [1.165, 1.54) is 11.1 Å². The fraction of sp³-hybridized carbons (Fsp3) is 0.571. The van der Waals surface area contributed by atoms with Gasteiger partial charge in [-0.05, 0) is 31.5 Å². The molecule has 0 fully saturated rings. The number of halogens is 1. The van der Waals surface area contributed by atoms with Gasteiger partial charge in [0.05, 0.1) is 5.02 Å². The number of hydrogen-bond donors (Lipinski definition) is 0. The molecule has 1 aliphatic heterocycles. The molecule has 0 aromatic heterocycles. The fourth-order valence-electron chi connectivity index (χ4n) is 2.16. The van der Waals surface area contributed by atoms with Gasteiger partial charge in [-0.1, -0.05) is 31.5 Å². The van der Waals surface area contributed by atoms with E-state index in [1.54, 1.807) is 0 Å². The van der Waals surface area contributed by atoms with E-state index in [1.807, 2.05) is 6.07 Å². The number of likely N-dealkylation sites (N-methyl/N-ethyl adjacent to an activating group) is 1. The van der Waals surface area contributed by atoms with Crippen LogP contribution in [0.3, 0.4) is 0 Å². The third-order valence-corrected chi connectivity index (χ3v) is 3.84. The predicted molar refractivity (Wildman–Crippen MR) is 72.1 cm³/mol. The molecule has 0 amide bonds. The van der Waals surface area contributed by atoms with E-state index in [-0.39, 0.29) is 0 Å². The van der Waals surface area contributed by atoms with Crippen LogP contribution in [0.25, 0.3) is 0 Å². The number of ether oxygens (including phenoxy) is 1. The average molecular weight is 254 g/mol. The fourth-order valence-corrected chi connectivity index (χ4v) is 2.44. The van der Waals surface area contributed by atoms with Gasteiger partial charge >= 0.3 is 0 Å². The van der Waals surface area contributed by atoms with E-state index in [0.29, 0.717) is 18.6 Å². The van der Waals surface area contributed by atoms with Gasteiger partial charge in [-0.25, -0.2) is 0 Å². The molecule has 94 valence electrons. The Balaban J connectivity index is 2.53. The highest BCUT2D eigenvalue weighted by Crippen LogP contribution is 2.39. The van der Waals surface area contributed by atoms with E-state index in [2.05, 4.69) is 38.8 Å². The highest BCUT2D eigenvalue weighted by Gasteiger charge is 2.23. The van der Waals surface area contributed by atoms with Crippen molar-refractivity contribution in [2.24, 2.45) is 0 Å². The van der Waals surface area contributed by atoms with E-state index >= 15 is 0 Å². The Morgan fingerprint density at radius 2 is 2.12 bits per heavy atom. The van der Waals surface area contributed by atoms with E-state index in [4.69, 9.17) is 16.3 Å². The van der Waals surface area contributed by atoms with Crippen LogP contribution in [-0.2, 0) is 0 Å². The number of nitrogens with zero attached hydrogens (tertiary/aromatic N) is 1. The van der Waals surface area contributed by atoms with Crippen LogP contribution in [0.5, 0.6) is 5.75 Å². The molecule has 1 aromatic rings. The van der Waals surface area contributed by atoms with Crippen molar-refractivity contribution in [1.29, 1.82) is 0 Å². The smallest absolute Gasteiger partial charge is 0.142 e. The molecule has 0 saturated heterocycles. The van der Waals surface area contributed by atoms with E-state index in [9.17, 15) is 0 Å². The summed E-state index contributed by atoms with van der Waals surface area (Å²) in [6.07, 6.45) is 0. The Morgan fingerprint density at radius 3 is 2.76 bits per heavy atom. The van der Waals surface area contributed by atoms with Crippen molar-refractivity contribution < 1.29 is 4.74 Å². The first kappa shape index (κ1) is 12.7. The average Bonchev–Trinajstić information content (AvgIpc) is 2.41. The van der Waals surface area contributed by atoms with Gasteiger partial charge in [0.15, 0.2) is 0 Å². The summed E-state index contributed by atoms with van der Waals surface area (Å²) in [6.45, 7) is 8.21. The van der Waals surface area contributed by atoms with Crippen LogP contribution >= 0.6 is 11.6 Å². The minimum absolute atomic E-state index is 0.351. The van der Waals surface area contributed by atoms with Crippen molar-refractivity contribution in [2.45, 2.75) is 32.7 Å². The first-order valence-electron chi connectivity index (χ1n) is 6.17. The van der Waals surface area contributed by atoms with Gasteiger partial charge < -0.3 is 4.74 Å². The van der Waals surface area contributed by atoms with Crippen molar-refractivity contribution in [3.05, 3.63) is 28.3 Å². The lowest BCUT2D eigenvalue weighted by atomic mass is 9.97. The first-order valence-corrected chi connectivity index (χ1v) is 6.55. The summed E-state index contributed by atoms with van der Waals surface area (Å²) in [5, 5.41) is 0.744. The number of fused-ring (bicyclic) bond motifs is 1. The normalized spacial score (nSPS) is 20.9. The maximum Gasteiger partial charge on any atom is 0.142 e. The maximum atomic E-state index is 6.33. The third-order valence-electron chi connectivity index (χ3n) is 3.56. The molecule has 1 heterocycles. The summed E-state index contributed by atoms with van der Waals surface area (Å²) in [4.78, 5) is 2.30. The number of rotatable bonds is 1. The molecule has 17 heavy (non-hydrogen) atoms. The van der Waals surface area contributed by atoms with Crippen LogP contribution in [0.15, 0.2) is 12.1 Å². The van der Waals surface area contributed by atoms with Crippen LogP contribution < -0.4 is 4.74 Å². The van der Waals surface area contributed by atoms with Gasteiger partial charge in [-0.3, -0.25) is 4.90 Å². The molecule has 2 rings (SSSR count). The SMILES string of the molecule is CC(C)c1cc(Cl)c2c(c1)[C@@H](C)N(C)CCO2. The maximum absolute atomic E-state index is 6.33. The zero-order chi connectivity index (χ0) is 12.6. The molecular weight excluding hydrogens is 234 g/mol. The molecule has 0 radical (unpaired) electrons. The highest BCUT2D eigenvalue weighted by atomic mass is 35.5.